The fraction of sp³-hybridized carbons (Fsp3) is 0.250. The summed E-state index contributed by atoms with van der Waals surface area (Å²) in [6.07, 6.45) is -0.275. The third-order valence-electron chi connectivity index (χ3n) is 2.92. The second-order valence-corrected chi connectivity index (χ2v) is 7.59. The van der Waals surface area contributed by atoms with Crippen molar-refractivity contribution in [3.05, 3.63) is 28.7 Å². The lowest BCUT2D eigenvalue weighted by Crippen LogP contribution is -2.45. The Morgan fingerprint density at radius 2 is 2.10 bits per heavy atom. The highest BCUT2D eigenvalue weighted by Crippen LogP contribution is 2.33. The molecular weight excluding hydrogens is 348 g/mol. The van der Waals surface area contributed by atoms with Crippen LogP contribution in [0.1, 0.15) is 0 Å². The first-order valence-electron chi connectivity index (χ1n) is 5.82. The summed E-state index contributed by atoms with van der Waals surface area (Å²) in [7, 11) is -2.89. The molecule has 1 aromatic carbocycles. The molecule has 0 bridgehead atoms. The van der Waals surface area contributed by atoms with Crippen LogP contribution in [0.5, 0.6) is 5.75 Å². The highest BCUT2D eigenvalue weighted by atomic mass is 79.9. The van der Waals surface area contributed by atoms with Crippen LogP contribution in [0.4, 0.5) is 5.82 Å². The molecule has 0 atom stereocenters. The molecule has 2 aromatic rings. The van der Waals surface area contributed by atoms with Gasteiger partial charge < -0.3 is 15.0 Å². The number of nitrogens with zero attached hydrogens (tertiary/aromatic N) is 1. The van der Waals surface area contributed by atoms with E-state index in [4.69, 9.17) is 15.0 Å². The first-order chi connectivity index (χ1) is 9.43. The van der Waals surface area contributed by atoms with Crippen LogP contribution in [-0.2, 0) is 9.84 Å². The van der Waals surface area contributed by atoms with Crippen molar-refractivity contribution in [3.63, 3.8) is 0 Å². The zero-order chi connectivity index (χ0) is 14.3. The number of sulfone groups is 1. The monoisotopic (exact) mass is 358 g/mol. The molecule has 0 spiro atoms. The van der Waals surface area contributed by atoms with Crippen molar-refractivity contribution in [1.29, 1.82) is 0 Å². The minimum Gasteiger partial charge on any atom is -0.487 e. The summed E-state index contributed by atoms with van der Waals surface area (Å²) < 4.78 is 33.6. The molecule has 0 aliphatic carbocycles. The van der Waals surface area contributed by atoms with E-state index in [-0.39, 0.29) is 17.6 Å². The molecule has 1 aliphatic heterocycles. The maximum atomic E-state index is 11.1. The summed E-state index contributed by atoms with van der Waals surface area (Å²) in [4.78, 5) is 0. The van der Waals surface area contributed by atoms with Gasteiger partial charge in [-0.15, -0.1) is 0 Å². The van der Waals surface area contributed by atoms with Gasteiger partial charge in [0.05, 0.1) is 16.0 Å². The Bertz CT molecular complexity index is 745. The second kappa shape index (κ2) is 4.78. The van der Waals surface area contributed by atoms with Crippen LogP contribution in [0.2, 0.25) is 0 Å². The Labute approximate surface area is 123 Å². The average molecular weight is 359 g/mol. The van der Waals surface area contributed by atoms with Gasteiger partial charge >= 0.3 is 0 Å². The number of nitrogen functional groups attached to an aromatic ring is 1. The Balaban J connectivity index is 1.78. The average Bonchev–Trinajstić information content (AvgIpc) is 2.76. The molecule has 2 N–H and O–H groups in total. The first-order valence-corrected chi connectivity index (χ1v) is 8.43. The van der Waals surface area contributed by atoms with Crippen LogP contribution in [0.3, 0.4) is 0 Å². The van der Waals surface area contributed by atoms with Gasteiger partial charge in [-0.25, -0.2) is 8.42 Å². The molecule has 8 heteroatoms. The molecule has 106 valence electrons. The van der Waals surface area contributed by atoms with Gasteiger partial charge in [0, 0.05) is 11.6 Å². The number of rotatable bonds is 3. The molecule has 1 saturated heterocycles. The number of anilines is 1. The summed E-state index contributed by atoms with van der Waals surface area (Å²) in [5.41, 5.74) is 6.30. The minimum absolute atomic E-state index is 0.0693. The Hall–Kier alpha value is -1.54. The van der Waals surface area contributed by atoms with E-state index in [1.54, 1.807) is 18.2 Å². The molecule has 0 saturated carbocycles. The Kier molecular flexibility index (Phi) is 3.21. The predicted octanol–water partition coefficient (Wildman–Crippen LogP) is 1.86. The lowest BCUT2D eigenvalue weighted by atomic mass is 10.1. The highest BCUT2D eigenvalue weighted by molar-refractivity contribution is 9.10. The van der Waals surface area contributed by atoms with E-state index in [2.05, 4.69) is 21.1 Å². The van der Waals surface area contributed by atoms with Gasteiger partial charge in [0.25, 0.3) is 0 Å². The Morgan fingerprint density at radius 1 is 1.35 bits per heavy atom. The maximum absolute atomic E-state index is 11.1. The molecule has 0 radical (unpaired) electrons. The summed E-state index contributed by atoms with van der Waals surface area (Å²) in [6.45, 7) is 0. The topological polar surface area (TPSA) is 95.4 Å². The van der Waals surface area contributed by atoms with Crippen LogP contribution in [0.15, 0.2) is 33.3 Å². The van der Waals surface area contributed by atoms with Crippen LogP contribution < -0.4 is 10.5 Å². The maximum Gasteiger partial charge on any atom is 0.169 e. The number of ether oxygens (including phenoxy) is 1. The van der Waals surface area contributed by atoms with Crippen molar-refractivity contribution in [2.45, 2.75) is 6.10 Å². The SMILES string of the molecule is Nc1cc(-c2ccc(OC3CS(=O)(=O)C3)c(Br)c2)on1. The van der Waals surface area contributed by atoms with Crippen LogP contribution in [0, 0.1) is 0 Å². The van der Waals surface area contributed by atoms with E-state index < -0.39 is 9.84 Å². The Morgan fingerprint density at radius 3 is 2.65 bits per heavy atom. The number of benzene rings is 1. The van der Waals surface area contributed by atoms with E-state index >= 15 is 0 Å². The smallest absolute Gasteiger partial charge is 0.169 e. The lowest BCUT2D eigenvalue weighted by Gasteiger charge is -2.27. The number of nitrogens with two attached hydrogens (primary N) is 1. The number of hydrogen-bond donors (Lipinski definition) is 1. The van der Waals surface area contributed by atoms with Crippen molar-refractivity contribution < 1.29 is 17.7 Å². The number of halogens is 1. The molecular formula is C12H11BrN2O4S. The summed E-state index contributed by atoms with van der Waals surface area (Å²) in [5, 5.41) is 3.62. The molecule has 0 amide bonds. The van der Waals surface area contributed by atoms with E-state index in [9.17, 15) is 8.42 Å². The van der Waals surface area contributed by atoms with Crippen molar-refractivity contribution in [2.24, 2.45) is 0 Å². The normalized spacial score (nSPS) is 17.6. The second-order valence-electron chi connectivity index (χ2n) is 4.58. The van der Waals surface area contributed by atoms with E-state index in [1.807, 2.05) is 6.07 Å². The third kappa shape index (κ3) is 2.66. The molecule has 1 fully saturated rings. The first kappa shape index (κ1) is 13.4. The largest absolute Gasteiger partial charge is 0.487 e. The van der Waals surface area contributed by atoms with Crippen molar-refractivity contribution >= 4 is 31.6 Å². The van der Waals surface area contributed by atoms with E-state index in [0.717, 1.165) is 5.56 Å². The van der Waals surface area contributed by atoms with Gasteiger partial charge in [-0.05, 0) is 34.1 Å². The van der Waals surface area contributed by atoms with E-state index in [0.29, 0.717) is 21.8 Å². The highest BCUT2D eigenvalue weighted by Gasteiger charge is 2.35. The van der Waals surface area contributed by atoms with E-state index in [1.165, 1.54) is 0 Å². The quantitative estimate of drug-likeness (QED) is 0.899. The molecule has 20 heavy (non-hydrogen) atoms. The number of hydrogen-bond acceptors (Lipinski definition) is 6. The lowest BCUT2D eigenvalue weighted by molar-refractivity contribution is 0.229. The summed E-state index contributed by atoms with van der Waals surface area (Å²) in [6, 6.07) is 6.99. The van der Waals surface area contributed by atoms with Gasteiger partial charge in [-0.2, -0.15) is 0 Å². The molecule has 1 aliphatic rings. The van der Waals surface area contributed by atoms with Crippen molar-refractivity contribution in [2.75, 3.05) is 17.2 Å². The molecule has 1 aromatic heterocycles. The van der Waals surface area contributed by atoms with Gasteiger partial charge in [0.2, 0.25) is 0 Å². The fourth-order valence-corrected chi connectivity index (χ4v) is 3.58. The van der Waals surface area contributed by atoms with Crippen LogP contribution in [0.25, 0.3) is 11.3 Å². The zero-order valence-corrected chi connectivity index (χ0v) is 12.6. The van der Waals surface area contributed by atoms with Gasteiger partial charge in [-0.1, -0.05) is 5.16 Å². The van der Waals surface area contributed by atoms with Crippen molar-refractivity contribution in [1.82, 2.24) is 5.16 Å². The molecule has 3 rings (SSSR count). The van der Waals surface area contributed by atoms with Crippen LogP contribution >= 0.6 is 15.9 Å². The van der Waals surface area contributed by atoms with Crippen LogP contribution in [-0.4, -0.2) is 31.2 Å². The minimum atomic E-state index is -2.89. The van der Waals surface area contributed by atoms with Gasteiger partial charge in [0.1, 0.15) is 11.9 Å². The van der Waals surface area contributed by atoms with Crippen molar-refractivity contribution in [3.8, 4) is 17.1 Å². The summed E-state index contributed by atoms with van der Waals surface area (Å²) in [5.74, 6) is 1.61. The van der Waals surface area contributed by atoms with Gasteiger partial charge in [-0.3, -0.25) is 0 Å². The standard InChI is InChI=1S/C12H11BrN2O4S/c13-9-3-7(11-4-12(14)15-19-11)1-2-10(9)18-8-5-20(16,17)6-8/h1-4,8H,5-6H2,(H2,14,15). The fourth-order valence-electron chi connectivity index (χ4n) is 1.94. The zero-order valence-electron chi connectivity index (χ0n) is 10.2. The third-order valence-corrected chi connectivity index (χ3v) is 5.30. The number of aromatic nitrogens is 1. The molecule has 2 heterocycles. The molecule has 0 unspecified atom stereocenters. The summed E-state index contributed by atoms with van der Waals surface area (Å²) >= 11 is 3.39. The predicted molar refractivity (Wildman–Crippen MR) is 77.1 cm³/mol. The van der Waals surface area contributed by atoms with Gasteiger partial charge in [0.15, 0.2) is 21.4 Å². The molecule has 6 nitrogen and oxygen atoms in total.